The number of rotatable bonds is 4. The number of thiazole rings is 1. The number of amides is 1. The van der Waals surface area contributed by atoms with E-state index in [0.29, 0.717) is 5.82 Å². The number of aryl methyl sites for hydroxylation is 3. The Morgan fingerprint density at radius 1 is 1.07 bits per heavy atom. The van der Waals surface area contributed by atoms with Crippen molar-refractivity contribution in [2.24, 2.45) is 0 Å². The van der Waals surface area contributed by atoms with E-state index in [-0.39, 0.29) is 5.91 Å². The van der Waals surface area contributed by atoms with Gasteiger partial charge in [0.25, 0.3) is 0 Å². The summed E-state index contributed by atoms with van der Waals surface area (Å²) in [5, 5.41) is 8.16. The molecule has 0 fully saturated rings. The van der Waals surface area contributed by atoms with Crippen molar-refractivity contribution in [2.75, 3.05) is 5.32 Å². The van der Waals surface area contributed by atoms with E-state index >= 15 is 0 Å². The van der Waals surface area contributed by atoms with Crippen molar-refractivity contribution in [3.05, 3.63) is 77.0 Å². The van der Waals surface area contributed by atoms with Crippen LogP contribution in [-0.4, -0.2) is 20.7 Å². The largest absolute Gasteiger partial charge is 0.307 e. The highest BCUT2D eigenvalue weighted by Gasteiger charge is 2.14. The molecule has 28 heavy (non-hydrogen) atoms. The Morgan fingerprint density at radius 2 is 1.82 bits per heavy atom. The lowest BCUT2D eigenvalue weighted by Gasteiger charge is -2.04. The number of anilines is 1. The smallest absolute Gasteiger partial charge is 0.249 e. The fourth-order valence-corrected chi connectivity index (χ4v) is 3.91. The van der Waals surface area contributed by atoms with Gasteiger partial charge in [-0.2, -0.15) is 9.78 Å². The van der Waals surface area contributed by atoms with Crippen LogP contribution in [0.1, 0.15) is 22.4 Å². The van der Waals surface area contributed by atoms with Crippen molar-refractivity contribution in [3.63, 3.8) is 0 Å². The van der Waals surface area contributed by atoms with Crippen LogP contribution in [0.25, 0.3) is 21.4 Å². The Labute approximate surface area is 167 Å². The Balaban J connectivity index is 1.62. The number of nitrogens with one attached hydrogen (secondary N) is 1. The van der Waals surface area contributed by atoms with Crippen LogP contribution in [0.5, 0.6) is 0 Å². The zero-order chi connectivity index (χ0) is 19.7. The molecule has 4 rings (SSSR count). The maximum atomic E-state index is 12.4. The number of carbonyl (C=O) groups excluding carboxylic acids is 1. The summed E-state index contributed by atoms with van der Waals surface area (Å²) in [5.74, 6) is 0.394. The van der Waals surface area contributed by atoms with Crippen LogP contribution >= 0.6 is 11.3 Å². The molecular formula is C22H20N4OS. The van der Waals surface area contributed by atoms with Crippen molar-refractivity contribution < 1.29 is 4.79 Å². The zero-order valence-electron chi connectivity index (χ0n) is 15.9. The van der Waals surface area contributed by atoms with Crippen molar-refractivity contribution in [1.29, 1.82) is 0 Å². The van der Waals surface area contributed by atoms with Crippen LogP contribution in [0, 0.1) is 20.8 Å². The van der Waals surface area contributed by atoms with Crippen LogP contribution in [-0.2, 0) is 4.79 Å². The van der Waals surface area contributed by atoms with Crippen LogP contribution in [0.3, 0.4) is 0 Å². The highest BCUT2D eigenvalue weighted by atomic mass is 32.1. The Bertz CT molecular complexity index is 1150. The maximum absolute atomic E-state index is 12.4. The van der Waals surface area contributed by atoms with Gasteiger partial charge in [-0.3, -0.25) is 4.79 Å². The summed E-state index contributed by atoms with van der Waals surface area (Å²) in [4.78, 5) is 17.1. The minimum Gasteiger partial charge on any atom is -0.307 e. The van der Waals surface area contributed by atoms with Gasteiger partial charge in [-0.15, -0.1) is 0 Å². The van der Waals surface area contributed by atoms with E-state index in [4.69, 9.17) is 4.98 Å². The number of nitrogens with zero attached hydrogens (tertiary/aromatic N) is 3. The summed E-state index contributed by atoms with van der Waals surface area (Å²) >= 11 is 1.56. The number of hydrogen-bond donors (Lipinski definition) is 1. The second-order valence-corrected chi connectivity index (χ2v) is 7.73. The van der Waals surface area contributed by atoms with Gasteiger partial charge >= 0.3 is 0 Å². The number of hydrogen-bond acceptors (Lipinski definition) is 4. The first kappa shape index (κ1) is 18.1. The Kier molecular flexibility index (Phi) is 4.79. The molecule has 0 radical (unpaired) electrons. The quantitative estimate of drug-likeness (QED) is 0.497. The number of carbonyl (C=O) groups is 1. The highest BCUT2D eigenvalue weighted by molar-refractivity contribution is 7.20. The molecule has 2 heterocycles. The minimum absolute atomic E-state index is 0.210. The summed E-state index contributed by atoms with van der Waals surface area (Å²) in [7, 11) is 0. The molecule has 0 aliphatic heterocycles. The number of fused-ring (bicyclic) bond motifs is 1. The Morgan fingerprint density at radius 3 is 2.61 bits per heavy atom. The lowest BCUT2D eigenvalue weighted by atomic mass is 10.1. The van der Waals surface area contributed by atoms with Gasteiger partial charge in [0, 0.05) is 12.1 Å². The third kappa shape index (κ3) is 3.73. The van der Waals surface area contributed by atoms with E-state index in [2.05, 4.69) is 36.4 Å². The van der Waals surface area contributed by atoms with E-state index in [1.807, 2.05) is 43.3 Å². The summed E-state index contributed by atoms with van der Waals surface area (Å²) in [6.07, 6.45) is 3.30. The van der Waals surface area contributed by atoms with Crippen LogP contribution in [0.2, 0.25) is 0 Å². The molecule has 0 spiro atoms. The van der Waals surface area contributed by atoms with Gasteiger partial charge in [0.05, 0.1) is 15.9 Å². The molecule has 1 amide bonds. The minimum atomic E-state index is -0.210. The van der Waals surface area contributed by atoms with Crippen molar-refractivity contribution >= 4 is 39.4 Å². The molecule has 0 bridgehead atoms. The summed E-state index contributed by atoms with van der Waals surface area (Å²) in [5.41, 5.74) is 5.17. The molecule has 1 N–H and O–H groups in total. The second-order valence-electron chi connectivity index (χ2n) is 6.72. The van der Waals surface area contributed by atoms with E-state index in [1.54, 1.807) is 22.1 Å². The summed E-state index contributed by atoms with van der Waals surface area (Å²) in [6, 6.07) is 15.8. The Hall–Kier alpha value is -3.25. The molecule has 0 saturated heterocycles. The number of benzene rings is 2. The van der Waals surface area contributed by atoms with Crippen LogP contribution < -0.4 is 5.32 Å². The van der Waals surface area contributed by atoms with Crippen LogP contribution in [0.4, 0.5) is 5.82 Å². The average molecular weight is 388 g/mol. The van der Waals surface area contributed by atoms with Gasteiger partial charge in [-0.25, -0.2) is 4.98 Å². The standard InChI is InChI=1S/C22H20N4OS/c1-14-11-18-19(12-15(14)2)28-22(23-18)26-20(13-16(3)25-26)24-21(27)10-9-17-7-5-4-6-8-17/h4-13H,1-3H3,(H,24,27)/b10-9+. The summed E-state index contributed by atoms with van der Waals surface area (Å²) < 4.78 is 2.80. The van der Waals surface area contributed by atoms with Gasteiger partial charge in [0.1, 0.15) is 5.82 Å². The average Bonchev–Trinajstić information content (AvgIpc) is 3.24. The monoisotopic (exact) mass is 388 g/mol. The first-order chi connectivity index (χ1) is 13.5. The fourth-order valence-electron chi connectivity index (χ4n) is 2.90. The van der Waals surface area contributed by atoms with Crippen LogP contribution in [0.15, 0.2) is 54.6 Å². The first-order valence-corrected chi connectivity index (χ1v) is 9.80. The van der Waals surface area contributed by atoms with E-state index in [0.717, 1.165) is 26.6 Å². The highest BCUT2D eigenvalue weighted by Crippen LogP contribution is 2.29. The lowest BCUT2D eigenvalue weighted by molar-refractivity contribution is -0.111. The molecule has 0 unspecified atom stereocenters. The molecule has 0 saturated carbocycles. The fraction of sp³-hybridized carbons (Fsp3) is 0.136. The number of aromatic nitrogens is 3. The molecular weight excluding hydrogens is 368 g/mol. The lowest BCUT2D eigenvalue weighted by Crippen LogP contribution is -2.12. The van der Waals surface area contributed by atoms with Gasteiger partial charge in [-0.1, -0.05) is 41.7 Å². The SMILES string of the molecule is Cc1cc(NC(=O)/C=C/c2ccccc2)n(-c2nc3cc(C)c(C)cc3s2)n1. The molecule has 140 valence electrons. The predicted molar refractivity (Wildman–Crippen MR) is 115 cm³/mol. The van der Waals surface area contributed by atoms with E-state index in [9.17, 15) is 4.79 Å². The first-order valence-electron chi connectivity index (χ1n) is 8.98. The van der Waals surface area contributed by atoms with Gasteiger partial charge < -0.3 is 5.32 Å². The zero-order valence-corrected chi connectivity index (χ0v) is 16.7. The van der Waals surface area contributed by atoms with Crippen molar-refractivity contribution in [3.8, 4) is 5.13 Å². The summed E-state index contributed by atoms with van der Waals surface area (Å²) in [6.45, 7) is 6.07. The molecule has 2 aromatic heterocycles. The third-order valence-electron chi connectivity index (χ3n) is 4.48. The maximum Gasteiger partial charge on any atom is 0.249 e. The molecule has 5 nitrogen and oxygen atoms in total. The predicted octanol–water partition coefficient (Wildman–Crippen LogP) is 5.06. The third-order valence-corrected chi connectivity index (χ3v) is 5.48. The van der Waals surface area contributed by atoms with E-state index < -0.39 is 0 Å². The normalized spacial score (nSPS) is 11.4. The molecule has 0 aliphatic rings. The molecule has 4 aromatic rings. The van der Waals surface area contributed by atoms with Crippen molar-refractivity contribution in [1.82, 2.24) is 14.8 Å². The molecule has 0 atom stereocenters. The van der Waals surface area contributed by atoms with Gasteiger partial charge in [-0.05, 0) is 55.7 Å². The van der Waals surface area contributed by atoms with Crippen molar-refractivity contribution in [2.45, 2.75) is 20.8 Å². The molecule has 0 aliphatic carbocycles. The van der Waals surface area contributed by atoms with Gasteiger partial charge in [0.2, 0.25) is 11.0 Å². The van der Waals surface area contributed by atoms with Gasteiger partial charge in [0.15, 0.2) is 0 Å². The van der Waals surface area contributed by atoms with E-state index in [1.165, 1.54) is 17.2 Å². The molecule has 2 aromatic carbocycles. The molecule has 6 heteroatoms. The topological polar surface area (TPSA) is 59.8 Å². The second kappa shape index (κ2) is 7.40.